The van der Waals surface area contributed by atoms with Gasteiger partial charge in [0.05, 0.1) is 6.61 Å². The van der Waals surface area contributed by atoms with Gasteiger partial charge in [0.15, 0.2) is 5.13 Å². The largest absolute Gasteiger partial charge is 0.465 e. The monoisotopic (exact) mass is 284 g/mol. The van der Waals surface area contributed by atoms with Crippen molar-refractivity contribution >= 4 is 22.4 Å². The van der Waals surface area contributed by atoms with Crippen molar-refractivity contribution in [3.8, 4) is 0 Å². The number of nitrogens with zero attached hydrogens (tertiary/aromatic N) is 2. The number of carbonyl (C=O) groups excluding carboxylic acids is 1. The fourth-order valence-electron chi connectivity index (χ4n) is 2.33. The van der Waals surface area contributed by atoms with Gasteiger partial charge >= 0.3 is 5.97 Å². The van der Waals surface area contributed by atoms with E-state index >= 15 is 0 Å². The molecule has 1 aliphatic rings. The minimum atomic E-state index is -0.120. The molecule has 0 spiro atoms. The van der Waals surface area contributed by atoms with Gasteiger partial charge in [0.1, 0.15) is 6.04 Å². The Morgan fingerprint density at radius 1 is 1.68 bits per heavy atom. The first-order chi connectivity index (χ1) is 9.24. The summed E-state index contributed by atoms with van der Waals surface area (Å²) in [6.07, 6.45) is 4.88. The lowest BCUT2D eigenvalue weighted by Crippen LogP contribution is -2.44. The second-order valence-corrected chi connectivity index (χ2v) is 5.63. The first-order valence-electron chi connectivity index (χ1n) is 6.56. The van der Waals surface area contributed by atoms with E-state index in [0.717, 1.165) is 37.2 Å². The molecule has 19 heavy (non-hydrogen) atoms. The van der Waals surface area contributed by atoms with Gasteiger partial charge in [-0.25, -0.2) is 10.8 Å². The molecule has 7 heteroatoms. The van der Waals surface area contributed by atoms with E-state index in [-0.39, 0.29) is 12.0 Å². The number of carbonyl (C=O) groups is 1. The van der Waals surface area contributed by atoms with Gasteiger partial charge in [-0.15, -0.1) is 0 Å². The molecule has 2 rings (SSSR count). The highest BCUT2D eigenvalue weighted by Gasteiger charge is 2.30. The standard InChI is InChI=1S/C12H20N4O2S/c1-2-18-11(17)10-5-3-4-6-16(10)8-9-7-14-12(15-13)19-9/h7,10H,2-6,8,13H2,1H3,(H,14,15). The molecule has 1 aromatic rings. The van der Waals surface area contributed by atoms with Gasteiger partial charge in [-0.3, -0.25) is 15.1 Å². The summed E-state index contributed by atoms with van der Waals surface area (Å²) >= 11 is 1.51. The summed E-state index contributed by atoms with van der Waals surface area (Å²) in [7, 11) is 0. The molecule has 1 aromatic heterocycles. The normalized spacial score (nSPS) is 20.2. The smallest absolute Gasteiger partial charge is 0.323 e. The molecule has 0 saturated carbocycles. The maximum atomic E-state index is 12.0. The van der Waals surface area contributed by atoms with Gasteiger partial charge in [0, 0.05) is 17.6 Å². The van der Waals surface area contributed by atoms with Gasteiger partial charge in [-0.1, -0.05) is 17.8 Å². The summed E-state index contributed by atoms with van der Waals surface area (Å²) in [6.45, 7) is 3.92. The Kier molecular flexibility index (Phi) is 5.12. The van der Waals surface area contributed by atoms with Gasteiger partial charge in [-0.05, 0) is 26.3 Å². The van der Waals surface area contributed by atoms with Crippen LogP contribution in [-0.2, 0) is 16.1 Å². The number of likely N-dealkylation sites (tertiary alicyclic amines) is 1. The van der Waals surface area contributed by atoms with E-state index in [4.69, 9.17) is 10.6 Å². The van der Waals surface area contributed by atoms with E-state index in [0.29, 0.717) is 11.7 Å². The minimum Gasteiger partial charge on any atom is -0.465 e. The number of anilines is 1. The van der Waals surface area contributed by atoms with Crippen molar-refractivity contribution in [2.24, 2.45) is 5.84 Å². The fraction of sp³-hybridized carbons (Fsp3) is 0.667. The first kappa shape index (κ1) is 14.2. The van der Waals surface area contributed by atoms with Crippen LogP contribution in [0.15, 0.2) is 6.20 Å². The number of ether oxygens (including phenoxy) is 1. The molecule has 0 aromatic carbocycles. The van der Waals surface area contributed by atoms with E-state index in [1.165, 1.54) is 11.3 Å². The van der Waals surface area contributed by atoms with Gasteiger partial charge in [0.2, 0.25) is 0 Å². The van der Waals surface area contributed by atoms with E-state index in [1.54, 1.807) is 6.20 Å². The van der Waals surface area contributed by atoms with Gasteiger partial charge in [0.25, 0.3) is 0 Å². The lowest BCUT2D eigenvalue weighted by atomic mass is 10.0. The number of esters is 1. The van der Waals surface area contributed by atoms with Crippen molar-refractivity contribution in [1.29, 1.82) is 0 Å². The number of rotatable bonds is 5. The molecule has 1 aliphatic heterocycles. The summed E-state index contributed by atoms with van der Waals surface area (Å²) in [5.41, 5.74) is 2.54. The van der Waals surface area contributed by atoms with Crippen LogP contribution in [0.5, 0.6) is 0 Å². The minimum absolute atomic E-state index is 0.108. The van der Waals surface area contributed by atoms with Crippen molar-refractivity contribution in [3.63, 3.8) is 0 Å². The summed E-state index contributed by atoms with van der Waals surface area (Å²) in [4.78, 5) is 19.4. The molecule has 0 aliphatic carbocycles. The zero-order chi connectivity index (χ0) is 13.7. The number of hydrogen-bond donors (Lipinski definition) is 2. The van der Waals surface area contributed by atoms with Crippen LogP contribution in [0.1, 0.15) is 31.1 Å². The van der Waals surface area contributed by atoms with Crippen LogP contribution in [0, 0.1) is 0 Å². The van der Waals surface area contributed by atoms with E-state index in [9.17, 15) is 4.79 Å². The van der Waals surface area contributed by atoms with Crippen LogP contribution in [-0.4, -0.2) is 35.0 Å². The van der Waals surface area contributed by atoms with Crippen molar-refractivity contribution in [2.45, 2.75) is 38.8 Å². The Morgan fingerprint density at radius 2 is 2.53 bits per heavy atom. The zero-order valence-corrected chi connectivity index (χ0v) is 11.9. The van der Waals surface area contributed by atoms with E-state index in [1.807, 2.05) is 6.92 Å². The maximum Gasteiger partial charge on any atom is 0.323 e. The van der Waals surface area contributed by atoms with Crippen molar-refractivity contribution in [3.05, 3.63) is 11.1 Å². The summed E-state index contributed by atoms with van der Waals surface area (Å²) in [5.74, 6) is 5.21. The van der Waals surface area contributed by atoms with Crippen molar-refractivity contribution in [2.75, 3.05) is 18.6 Å². The highest BCUT2D eigenvalue weighted by molar-refractivity contribution is 7.15. The van der Waals surface area contributed by atoms with Crippen LogP contribution in [0.2, 0.25) is 0 Å². The van der Waals surface area contributed by atoms with Crippen LogP contribution in [0.4, 0.5) is 5.13 Å². The molecule has 0 bridgehead atoms. The molecule has 106 valence electrons. The number of thiazole rings is 1. The zero-order valence-electron chi connectivity index (χ0n) is 11.1. The van der Waals surface area contributed by atoms with Crippen LogP contribution in [0.3, 0.4) is 0 Å². The van der Waals surface area contributed by atoms with Crippen LogP contribution >= 0.6 is 11.3 Å². The Labute approximate surface area is 116 Å². The predicted molar refractivity (Wildman–Crippen MR) is 74.6 cm³/mol. The third-order valence-electron chi connectivity index (χ3n) is 3.21. The number of nitrogens with one attached hydrogen (secondary N) is 1. The summed E-state index contributed by atoms with van der Waals surface area (Å²) in [6, 6.07) is -0.120. The molecule has 1 unspecified atom stereocenters. The molecule has 0 radical (unpaired) electrons. The van der Waals surface area contributed by atoms with Crippen LogP contribution < -0.4 is 11.3 Å². The Morgan fingerprint density at radius 3 is 3.21 bits per heavy atom. The number of aromatic nitrogens is 1. The molecular formula is C12H20N4O2S. The fourth-order valence-corrected chi connectivity index (χ4v) is 3.08. The average molecular weight is 284 g/mol. The van der Waals surface area contributed by atoms with E-state index in [2.05, 4.69) is 15.3 Å². The number of nitrogens with two attached hydrogens (primary N) is 1. The Hall–Kier alpha value is -1.18. The number of hydrogen-bond acceptors (Lipinski definition) is 7. The SMILES string of the molecule is CCOC(=O)C1CCCCN1Cc1cnc(NN)s1. The molecule has 1 saturated heterocycles. The predicted octanol–water partition coefficient (Wildman–Crippen LogP) is 1.35. The van der Waals surface area contributed by atoms with Gasteiger partial charge < -0.3 is 4.74 Å². The van der Waals surface area contributed by atoms with Crippen LogP contribution in [0.25, 0.3) is 0 Å². The highest BCUT2D eigenvalue weighted by Crippen LogP contribution is 2.24. The molecule has 2 heterocycles. The average Bonchev–Trinajstić information content (AvgIpc) is 2.87. The van der Waals surface area contributed by atoms with Crippen molar-refractivity contribution < 1.29 is 9.53 Å². The molecule has 1 fully saturated rings. The maximum absolute atomic E-state index is 12.0. The Balaban J connectivity index is 2.00. The number of piperidine rings is 1. The number of nitrogen functional groups attached to an aromatic ring is 1. The van der Waals surface area contributed by atoms with Crippen molar-refractivity contribution in [1.82, 2.24) is 9.88 Å². The molecular weight excluding hydrogens is 264 g/mol. The molecule has 3 N–H and O–H groups in total. The summed E-state index contributed by atoms with van der Waals surface area (Å²) < 4.78 is 5.15. The number of hydrazine groups is 1. The van der Waals surface area contributed by atoms with E-state index < -0.39 is 0 Å². The first-order valence-corrected chi connectivity index (χ1v) is 7.38. The molecule has 6 nitrogen and oxygen atoms in total. The third kappa shape index (κ3) is 3.65. The Bertz CT molecular complexity index is 424. The highest BCUT2D eigenvalue weighted by atomic mass is 32.1. The molecule has 0 amide bonds. The summed E-state index contributed by atoms with van der Waals surface area (Å²) in [5, 5.41) is 0.694. The topological polar surface area (TPSA) is 80.5 Å². The lowest BCUT2D eigenvalue weighted by Gasteiger charge is -2.33. The quantitative estimate of drug-likeness (QED) is 0.482. The third-order valence-corrected chi connectivity index (χ3v) is 4.12. The lowest BCUT2D eigenvalue weighted by molar-refractivity contribution is -0.151. The van der Waals surface area contributed by atoms with Gasteiger partial charge in [-0.2, -0.15) is 0 Å². The second kappa shape index (κ2) is 6.83. The second-order valence-electron chi connectivity index (χ2n) is 4.51. The molecule has 1 atom stereocenters.